The topological polar surface area (TPSA) is 58.2 Å². The third-order valence-electron chi connectivity index (χ3n) is 4.14. The molecule has 1 aliphatic rings. The summed E-state index contributed by atoms with van der Waals surface area (Å²) in [7, 11) is 0. The monoisotopic (exact) mass is 346 g/mol. The number of carbonyl (C=O) groups excluding carboxylic acids is 2. The van der Waals surface area contributed by atoms with E-state index < -0.39 is 0 Å². The summed E-state index contributed by atoms with van der Waals surface area (Å²) in [4.78, 5) is 24.6. The van der Waals surface area contributed by atoms with Crippen molar-refractivity contribution in [2.45, 2.75) is 31.7 Å². The van der Waals surface area contributed by atoms with Crippen LogP contribution in [-0.2, 0) is 11.2 Å². The Balaban J connectivity index is 1.50. The molecular weight excluding hydrogens is 327 g/mol. The Morgan fingerprint density at radius 3 is 2.96 bits per heavy atom. The van der Waals surface area contributed by atoms with Crippen molar-refractivity contribution < 1.29 is 14.0 Å². The molecule has 24 heavy (non-hydrogen) atoms. The molecule has 2 amide bonds. The highest BCUT2D eigenvalue weighted by molar-refractivity contribution is 7.12. The lowest BCUT2D eigenvalue weighted by Gasteiger charge is -2.26. The van der Waals surface area contributed by atoms with E-state index in [1.54, 1.807) is 18.2 Å². The van der Waals surface area contributed by atoms with Crippen LogP contribution in [0.1, 0.15) is 46.1 Å². The average Bonchev–Trinajstić information content (AvgIpc) is 3.09. The summed E-state index contributed by atoms with van der Waals surface area (Å²) in [6, 6.07) is 8.23. The van der Waals surface area contributed by atoms with Gasteiger partial charge in [-0.3, -0.25) is 9.59 Å². The van der Waals surface area contributed by atoms with E-state index in [-0.39, 0.29) is 30.1 Å². The van der Waals surface area contributed by atoms with E-state index >= 15 is 0 Å². The van der Waals surface area contributed by atoms with Gasteiger partial charge in [-0.25, -0.2) is 4.39 Å². The second-order valence-electron chi connectivity index (χ2n) is 5.84. The van der Waals surface area contributed by atoms with Crippen molar-refractivity contribution in [1.82, 2.24) is 10.6 Å². The molecule has 4 nitrogen and oxygen atoms in total. The van der Waals surface area contributed by atoms with Crippen molar-refractivity contribution >= 4 is 23.2 Å². The zero-order valence-corrected chi connectivity index (χ0v) is 14.0. The first-order valence-electron chi connectivity index (χ1n) is 8.03. The summed E-state index contributed by atoms with van der Waals surface area (Å²) < 4.78 is 13.3. The molecule has 0 aliphatic heterocycles. The van der Waals surface area contributed by atoms with E-state index in [4.69, 9.17) is 0 Å². The molecular formula is C18H19FN2O2S. The molecule has 1 aliphatic carbocycles. The summed E-state index contributed by atoms with van der Waals surface area (Å²) in [5.41, 5.74) is 1.97. The van der Waals surface area contributed by atoms with Gasteiger partial charge in [0.2, 0.25) is 5.91 Å². The Labute approximate surface area is 144 Å². The predicted octanol–water partition coefficient (Wildman–Crippen LogP) is 3.20. The number of halogens is 1. The molecule has 1 heterocycles. The number of thiophene rings is 1. The molecule has 126 valence electrons. The van der Waals surface area contributed by atoms with Gasteiger partial charge in [0.05, 0.1) is 10.9 Å². The number of hydrogen-bond donors (Lipinski definition) is 2. The molecule has 1 aromatic carbocycles. The summed E-state index contributed by atoms with van der Waals surface area (Å²) in [6.07, 6.45) is 2.85. The van der Waals surface area contributed by atoms with Crippen LogP contribution in [0.2, 0.25) is 0 Å². The Kier molecular flexibility index (Phi) is 5.25. The summed E-state index contributed by atoms with van der Waals surface area (Å²) >= 11 is 1.37. The van der Waals surface area contributed by atoms with Crippen LogP contribution in [0.25, 0.3) is 0 Å². The van der Waals surface area contributed by atoms with Gasteiger partial charge in [-0.15, -0.1) is 11.3 Å². The van der Waals surface area contributed by atoms with Crippen LogP contribution < -0.4 is 10.6 Å². The van der Waals surface area contributed by atoms with Crippen molar-refractivity contribution in [1.29, 1.82) is 0 Å². The minimum atomic E-state index is -0.239. The second kappa shape index (κ2) is 7.57. The van der Waals surface area contributed by atoms with Gasteiger partial charge in [0.15, 0.2) is 0 Å². The zero-order chi connectivity index (χ0) is 16.9. The Hall–Kier alpha value is -2.21. The maximum absolute atomic E-state index is 13.3. The van der Waals surface area contributed by atoms with Crippen LogP contribution in [0.15, 0.2) is 35.7 Å². The highest BCUT2D eigenvalue weighted by Gasteiger charge is 2.22. The normalized spacial score (nSPS) is 16.3. The number of benzene rings is 1. The lowest BCUT2D eigenvalue weighted by molar-refractivity contribution is -0.121. The molecule has 0 saturated heterocycles. The number of nitrogens with one attached hydrogen (secondary N) is 2. The van der Waals surface area contributed by atoms with Crippen molar-refractivity contribution in [3.63, 3.8) is 0 Å². The van der Waals surface area contributed by atoms with Crippen molar-refractivity contribution in [3.05, 3.63) is 57.5 Å². The lowest BCUT2D eigenvalue weighted by Crippen LogP contribution is -2.34. The molecule has 0 saturated carbocycles. The molecule has 0 radical (unpaired) electrons. The smallest absolute Gasteiger partial charge is 0.261 e. The fraction of sp³-hybridized carbons (Fsp3) is 0.333. The average molecular weight is 346 g/mol. The SMILES string of the molecule is O=C(CCNC(=O)c1cccs1)NC1CCCc2cc(F)ccc21. The van der Waals surface area contributed by atoms with Crippen LogP contribution in [0.4, 0.5) is 4.39 Å². The number of amides is 2. The summed E-state index contributed by atoms with van der Waals surface area (Å²) in [5.74, 6) is -0.503. The minimum absolute atomic E-state index is 0.0742. The fourth-order valence-corrected chi connectivity index (χ4v) is 3.62. The highest BCUT2D eigenvalue weighted by Crippen LogP contribution is 2.30. The van der Waals surface area contributed by atoms with Gasteiger partial charge < -0.3 is 10.6 Å². The van der Waals surface area contributed by atoms with Gasteiger partial charge >= 0.3 is 0 Å². The highest BCUT2D eigenvalue weighted by atomic mass is 32.1. The number of hydrogen-bond acceptors (Lipinski definition) is 3. The van der Waals surface area contributed by atoms with Crippen LogP contribution >= 0.6 is 11.3 Å². The fourth-order valence-electron chi connectivity index (χ4n) is 2.98. The number of fused-ring (bicyclic) bond motifs is 1. The quantitative estimate of drug-likeness (QED) is 0.873. The van der Waals surface area contributed by atoms with Gasteiger partial charge in [0.1, 0.15) is 5.82 Å². The van der Waals surface area contributed by atoms with Gasteiger partial charge in [-0.1, -0.05) is 12.1 Å². The Morgan fingerprint density at radius 1 is 1.29 bits per heavy atom. The Bertz CT molecular complexity index is 731. The van der Waals surface area contributed by atoms with Crippen molar-refractivity contribution in [2.75, 3.05) is 6.54 Å². The van der Waals surface area contributed by atoms with E-state index in [2.05, 4.69) is 10.6 Å². The predicted molar refractivity (Wildman–Crippen MR) is 91.5 cm³/mol. The molecule has 3 rings (SSSR count). The first kappa shape index (κ1) is 16.6. The Morgan fingerprint density at radius 2 is 2.17 bits per heavy atom. The van der Waals surface area contributed by atoms with Gasteiger partial charge in [-0.05, 0) is 54.0 Å². The summed E-state index contributed by atoms with van der Waals surface area (Å²) in [5, 5.41) is 7.57. The minimum Gasteiger partial charge on any atom is -0.351 e. The van der Waals surface area contributed by atoms with Crippen LogP contribution in [0.3, 0.4) is 0 Å². The van der Waals surface area contributed by atoms with Gasteiger partial charge in [0.25, 0.3) is 5.91 Å². The molecule has 1 aromatic heterocycles. The standard InChI is InChI=1S/C18H19FN2O2S/c19-13-6-7-14-12(11-13)3-1-4-15(14)21-17(22)8-9-20-18(23)16-5-2-10-24-16/h2,5-7,10-11,15H,1,3-4,8-9H2,(H,20,23)(H,21,22). The third kappa shape index (κ3) is 4.00. The first-order valence-corrected chi connectivity index (χ1v) is 8.91. The van der Waals surface area contributed by atoms with Crippen molar-refractivity contribution in [3.8, 4) is 0 Å². The van der Waals surface area contributed by atoms with Gasteiger partial charge in [-0.2, -0.15) is 0 Å². The zero-order valence-electron chi connectivity index (χ0n) is 13.2. The first-order chi connectivity index (χ1) is 11.6. The van der Waals surface area contributed by atoms with E-state index in [1.165, 1.54) is 17.4 Å². The third-order valence-corrected chi connectivity index (χ3v) is 5.01. The van der Waals surface area contributed by atoms with E-state index in [1.807, 2.05) is 11.4 Å². The molecule has 0 bridgehead atoms. The number of aryl methyl sites for hydroxylation is 1. The molecule has 2 aromatic rings. The molecule has 0 fully saturated rings. The largest absolute Gasteiger partial charge is 0.351 e. The maximum Gasteiger partial charge on any atom is 0.261 e. The molecule has 6 heteroatoms. The van der Waals surface area contributed by atoms with Crippen LogP contribution in [-0.4, -0.2) is 18.4 Å². The second-order valence-corrected chi connectivity index (χ2v) is 6.79. The molecule has 2 N–H and O–H groups in total. The van der Waals surface area contributed by atoms with E-state index in [9.17, 15) is 14.0 Å². The molecule has 0 spiro atoms. The molecule has 1 atom stereocenters. The van der Waals surface area contributed by atoms with E-state index in [0.29, 0.717) is 11.4 Å². The van der Waals surface area contributed by atoms with Crippen molar-refractivity contribution in [2.24, 2.45) is 0 Å². The maximum atomic E-state index is 13.3. The number of rotatable bonds is 5. The van der Waals surface area contributed by atoms with Crippen LogP contribution in [0, 0.1) is 5.82 Å². The van der Waals surface area contributed by atoms with Gasteiger partial charge in [0, 0.05) is 13.0 Å². The summed E-state index contributed by atoms with van der Waals surface area (Å²) in [6.45, 7) is 0.297. The number of carbonyl (C=O) groups is 2. The van der Waals surface area contributed by atoms with E-state index in [0.717, 1.165) is 30.4 Å². The molecule has 1 unspecified atom stereocenters. The van der Waals surface area contributed by atoms with Crippen LogP contribution in [0.5, 0.6) is 0 Å². The lowest BCUT2D eigenvalue weighted by atomic mass is 9.87.